The summed E-state index contributed by atoms with van der Waals surface area (Å²) in [5, 5.41) is 0. The van der Waals surface area contributed by atoms with Crippen LogP contribution in [0.3, 0.4) is 0 Å². The number of carbonyl (C=O) groups excluding carboxylic acids is 1. The van der Waals surface area contributed by atoms with E-state index in [4.69, 9.17) is 5.73 Å². The number of ether oxygens (including phenoxy) is 1. The second-order valence-electron chi connectivity index (χ2n) is 2.82. The van der Waals surface area contributed by atoms with E-state index in [1.54, 1.807) is 18.3 Å². The first-order valence-corrected chi connectivity index (χ1v) is 4.11. The van der Waals surface area contributed by atoms with Crippen molar-refractivity contribution in [1.29, 1.82) is 0 Å². The minimum atomic E-state index is -0.376. The molecule has 0 aliphatic carbocycles. The van der Waals surface area contributed by atoms with Crippen LogP contribution in [0, 0.1) is 0 Å². The number of rotatable bonds is 2. The van der Waals surface area contributed by atoms with Crippen molar-refractivity contribution in [2.45, 2.75) is 6.92 Å². The summed E-state index contributed by atoms with van der Waals surface area (Å²) in [6, 6.07) is 3.49. The molecule has 0 fully saturated rings. The van der Waals surface area contributed by atoms with Crippen LogP contribution in [-0.4, -0.2) is 18.1 Å². The lowest BCUT2D eigenvalue weighted by molar-refractivity contribution is -0.134. The van der Waals surface area contributed by atoms with Gasteiger partial charge in [-0.3, -0.25) is 0 Å². The van der Waals surface area contributed by atoms with Crippen molar-refractivity contribution in [3.05, 3.63) is 30.0 Å². The van der Waals surface area contributed by atoms with Gasteiger partial charge >= 0.3 is 5.97 Å². The van der Waals surface area contributed by atoms with Gasteiger partial charge in [0.05, 0.1) is 7.11 Å². The van der Waals surface area contributed by atoms with Gasteiger partial charge in [-0.1, -0.05) is 0 Å². The molecule has 14 heavy (non-hydrogen) atoms. The molecule has 1 rings (SSSR count). The Morgan fingerprint density at radius 3 is 2.79 bits per heavy atom. The average Bonchev–Trinajstić information content (AvgIpc) is 2.18. The predicted octanol–water partition coefficient (Wildman–Crippen LogP) is 1.24. The van der Waals surface area contributed by atoms with Gasteiger partial charge < -0.3 is 10.5 Å². The molecule has 0 amide bonds. The van der Waals surface area contributed by atoms with Crippen molar-refractivity contribution in [3.63, 3.8) is 0 Å². The van der Waals surface area contributed by atoms with Crippen LogP contribution in [0.15, 0.2) is 24.4 Å². The Kier molecular flexibility index (Phi) is 3.23. The molecule has 74 valence electrons. The molecule has 0 atom stereocenters. The zero-order chi connectivity index (χ0) is 10.6. The molecule has 4 nitrogen and oxygen atoms in total. The largest absolute Gasteiger partial charge is 0.466 e. The van der Waals surface area contributed by atoms with Crippen LogP contribution in [0.25, 0.3) is 5.57 Å². The quantitative estimate of drug-likeness (QED) is 0.565. The number of anilines is 1. The number of allylic oxidation sites excluding steroid dienone is 1. The average molecular weight is 192 g/mol. The third-order valence-corrected chi connectivity index (χ3v) is 1.78. The molecular weight excluding hydrogens is 180 g/mol. The molecule has 0 unspecified atom stereocenters. The maximum Gasteiger partial charge on any atom is 0.330 e. The fourth-order valence-electron chi connectivity index (χ4n) is 0.958. The van der Waals surface area contributed by atoms with E-state index >= 15 is 0 Å². The van der Waals surface area contributed by atoms with Crippen LogP contribution in [0.1, 0.15) is 12.5 Å². The van der Waals surface area contributed by atoms with Gasteiger partial charge in [-0.25, -0.2) is 9.78 Å². The third kappa shape index (κ3) is 2.58. The second-order valence-corrected chi connectivity index (χ2v) is 2.82. The normalized spacial score (nSPS) is 11.1. The SMILES string of the molecule is COC(=O)C=C(C)c1ccc(N)nc1. The third-order valence-electron chi connectivity index (χ3n) is 1.78. The number of nitrogen functional groups attached to an aromatic ring is 1. The van der Waals surface area contributed by atoms with Crippen molar-refractivity contribution in [2.24, 2.45) is 0 Å². The summed E-state index contributed by atoms with van der Waals surface area (Å²) in [6.07, 6.45) is 3.03. The number of nitrogens with two attached hydrogens (primary N) is 1. The first-order valence-electron chi connectivity index (χ1n) is 4.11. The first-order chi connectivity index (χ1) is 6.63. The van der Waals surface area contributed by atoms with Gasteiger partial charge in [0.2, 0.25) is 0 Å². The van der Waals surface area contributed by atoms with Crippen molar-refractivity contribution in [3.8, 4) is 0 Å². The smallest absolute Gasteiger partial charge is 0.330 e. The van der Waals surface area contributed by atoms with Crippen molar-refractivity contribution >= 4 is 17.4 Å². The molecule has 1 aromatic rings. The van der Waals surface area contributed by atoms with Crippen molar-refractivity contribution < 1.29 is 9.53 Å². The lowest BCUT2D eigenvalue weighted by Crippen LogP contribution is -1.96. The number of nitrogens with zero attached hydrogens (tertiary/aromatic N) is 1. The molecule has 0 spiro atoms. The van der Waals surface area contributed by atoms with Crippen LogP contribution >= 0.6 is 0 Å². The highest BCUT2D eigenvalue weighted by Gasteiger charge is 1.99. The lowest BCUT2D eigenvalue weighted by Gasteiger charge is -2.00. The Labute approximate surface area is 82.4 Å². The minimum Gasteiger partial charge on any atom is -0.466 e. The Bertz CT molecular complexity index is 355. The highest BCUT2D eigenvalue weighted by molar-refractivity contribution is 5.90. The summed E-state index contributed by atoms with van der Waals surface area (Å²) in [6.45, 7) is 1.81. The molecule has 0 aliphatic heterocycles. The van der Waals surface area contributed by atoms with Gasteiger partial charge in [0.15, 0.2) is 0 Å². The van der Waals surface area contributed by atoms with Gasteiger partial charge in [-0.05, 0) is 30.2 Å². The monoisotopic (exact) mass is 192 g/mol. The van der Waals surface area contributed by atoms with Gasteiger partial charge in [0.1, 0.15) is 5.82 Å². The highest BCUT2D eigenvalue weighted by Crippen LogP contribution is 2.13. The molecule has 0 radical (unpaired) electrons. The van der Waals surface area contributed by atoms with Gasteiger partial charge in [0, 0.05) is 12.3 Å². The summed E-state index contributed by atoms with van der Waals surface area (Å²) in [4.78, 5) is 14.8. The Morgan fingerprint density at radius 1 is 1.57 bits per heavy atom. The van der Waals surface area contributed by atoms with Crippen LogP contribution < -0.4 is 5.73 Å². The summed E-state index contributed by atoms with van der Waals surface area (Å²) in [7, 11) is 1.34. The van der Waals surface area contributed by atoms with E-state index in [2.05, 4.69) is 9.72 Å². The van der Waals surface area contributed by atoms with Gasteiger partial charge in [-0.2, -0.15) is 0 Å². The number of hydrogen-bond donors (Lipinski definition) is 1. The summed E-state index contributed by atoms with van der Waals surface area (Å²) in [5.41, 5.74) is 7.08. The number of carbonyl (C=O) groups is 1. The number of hydrogen-bond acceptors (Lipinski definition) is 4. The molecule has 1 aromatic heterocycles. The number of methoxy groups -OCH3 is 1. The van der Waals surface area contributed by atoms with E-state index in [-0.39, 0.29) is 5.97 Å². The van der Waals surface area contributed by atoms with E-state index in [0.29, 0.717) is 5.82 Å². The molecule has 4 heteroatoms. The second kappa shape index (κ2) is 4.41. The Hall–Kier alpha value is -1.84. The van der Waals surface area contributed by atoms with Gasteiger partial charge in [-0.15, -0.1) is 0 Å². The summed E-state index contributed by atoms with van der Waals surface area (Å²) >= 11 is 0. The highest BCUT2D eigenvalue weighted by atomic mass is 16.5. The molecular formula is C10H12N2O2. The lowest BCUT2D eigenvalue weighted by atomic mass is 10.1. The van der Waals surface area contributed by atoms with E-state index in [9.17, 15) is 4.79 Å². The molecule has 0 saturated heterocycles. The summed E-state index contributed by atoms with van der Waals surface area (Å²) < 4.78 is 4.51. The van der Waals surface area contributed by atoms with Crippen LogP contribution in [-0.2, 0) is 9.53 Å². The Balaban J connectivity index is 2.89. The topological polar surface area (TPSA) is 65.2 Å². The van der Waals surface area contributed by atoms with Crippen LogP contribution in [0.2, 0.25) is 0 Å². The van der Waals surface area contributed by atoms with E-state index < -0.39 is 0 Å². The van der Waals surface area contributed by atoms with E-state index in [0.717, 1.165) is 11.1 Å². The number of pyridine rings is 1. The van der Waals surface area contributed by atoms with Crippen LogP contribution in [0.5, 0.6) is 0 Å². The first kappa shape index (κ1) is 10.2. The molecule has 0 saturated carbocycles. The minimum absolute atomic E-state index is 0.376. The van der Waals surface area contributed by atoms with E-state index in [1.807, 2.05) is 6.92 Å². The molecule has 0 aromatic carbocycles. The maximum absolute atomic E-state index is 10.9. The zero-order valence-electron chi connectivity index (χ0n) is 8.15. The number of aromatic nitrogens is 1. The molecule has 0 aliphatic rings. The van der Waals surface area contributed by atoms with Crippen molar-refractivity contribution in [2.75, 3.05) is 12.8 Å². The fourth-order valence-corrected chi connectivity index (χ4v) is 0.958. The zero-order valence-corrected chi connectivity index (χ0v) is 8.15. The predicted molar refractivity (Wildman–Crippen MR) is 54.3 cm³/mol. The maximum atomic E-state index is 10.9. The van der Waals surface area contributed by atoms with Crippen LogP contribution in [0.4, 0.5) is 5.82 Å². The Morgan fingerprint density at radius 2 is 2.29 bits per heavy atom. The molecule has 0 bridgehead atoms. The summed E-state index contributed by atoms with van der Waals surface area (Å²) in [5.74, 6) is 0.0824. The molecule has 2 N–H and O–H groups in total. The van der Waals surface area contributed by atoms with Gasteiger partial charge in [0.25, 0.3) is 0 Å². The number of esters is 1. The van der Waals surface area contributed by atoms with E-state index in [1.165, 1.54) is 13.2 Å². The molecule has 1 heterocycles. The fraction of sp³-hybridized carbons (Fsp3) is 0.200. The van der Waals surface area contributed by atoms with Crippen molar-refractivity contribution in [1.82, 2.24) is 4.98 Å². The standard InChI is InChI=1S/C10H12N2O2/c1-7(5-10(13)14-2)8-3-4-9(11)12-6-8/h3-6H,1-2H3,(H2,11,12).